The zero-order chi connectivity index (χ0) is 13.5. The Labute approximate surface area is 122 Å². The van der Waals surface area contributed by atoms with Crippen LogP contribution in [0.5, 0.6) is 0 Å². The summed E-state index contributed by atoms with van der Waals surface area (Å²) in [5.74, 6) is 0.969. The minimum absolute atomic E-state index is 0.841. The SMILES string of the molecule is CCNCc1cccc(SC2CCCC(CC)C2)c1. The van der Waals surface area contributed by atoms with Crippen molar-refractivity contribution in [2.24, 2.45) is 5.92 Å². The highest BCUT2D eigenvalue weighted by atomic mass is 32.2. The number of hydrogen-bond acceptors (Lipinski definition) is 2. The molecule has 0 saturated heterocycles. The van der Waals surface area contributed by atoms with E-state index in [4.69, 9.17) is 0 Å². The Balaban J connectivity index is 1.90. The molecule has 1 aromatic rings. The summed E-state index contributed by atoms with van der Waals surface area (Å²) < 4.78 is 0. The van der Waals surface area contributed by atoms with Gasteiger partial charge in [-0.1, -0.05) is 45.2 Å². The van der Waals surface area contributed by atoms with Gasteiger partial charge in [0.25, 0.3) is 0 Å². The minimum atomic E-state index is 0.841. The molecule has 0 heterocycles. The number of thioether (sulfide) groups is 1. The van der Waals surface area contributed by atoms with Crippen LogP contribution in [0.15, 0.2) is 29.2 Å². The van der Waals surface area contributed by atoms with Gasteiger partial charge in [0.2, 0.25) is 0 Å². The van der Waals surface area contributed by atoms with Gasteiger partial charge in [-0.2, -0.15) is 0 Å². The Morgan fingerprint density at radius 2 is 2.16 bits per heavy atom. The van der Waals surface area contributed by atoms with E-state index in [-0.39, 0.29) is 0 Å². The van der Waals surface area contributed by atoms with Crippen LogP contribution < -0.4 is 5.32 Å². The molecule has 0 amide bonds. The summed E-state index contributed by atoms with van der Waals surface area (Å²) in [5.41, 5.74) is 1.41. The Hall–Kier alpha value is -0.470. The fourth-order valence-electron chi connectivity index (χ4n) is 2.91. The Morgan fingerprint density at radius 3 is 2.95 bits per heavy atom. The highest BCUT2D eigenvalue weighted by molar-refractivity contribution is 8.00. The van der Waals surface area contributed by atoms with Crippen LogP contribution in [0.2, 0.25) is 0 Å². The van der Waals surface area contributed by atoms with Gasteiger partial charge >= 0.3 is 0 Å². The molecule has 106 valence electrons. The van der Waals surface area contributed by atoms with E-state index >= 15 is 0 Å². The monoisotopic (exact) mass is 277 g/mol. The first-order valence-corrected chi connectivity index (χ1v) is 8.66. The lowest BCUT2D eigenvalue weighted by Crippen LogP contribution is -2.16. The van der Waals surface area contributed by atoms with Crippen LogP contribution in [-0.4, -0.2) is 11.8 Å². The lowest BCUT2D eigenvalue weighted by Gasteiger charge is -2.28. The van der Waals surface area contributed by atoms with Crippen LogP contribution in [0.25, 0.3) is 0 Å². The molecule has 1 aliphatic carbocycles. The maximum atomic E-state index is 3.40. The van der Waals surface area contributed by atoms with Crippen molar-refractivity contribution in [1.82, 2.24) is 5.32 Å². The van der Waals surface area contributed by atoms with E-state index in [0.717, 1.165) is 24.3 Å². The molecule has 0 aromatic heterocycles. The van der Waals surface area contributed by atoms with Gasteiger partial charge in [-0.25, -0.2) is 0 Å². The van der Waals surface area contributed by atoms with E-state index in [1.165, 1.54) is 42.6 Å². The zero-order valence-electron chi connectivity index (χ0n) is 12.3. The smallest absolute Gasteiger partial charge is 0.0205 e. The van der Waals surface area contributed by atoms with Gasteiger partial charge in [-0.3, -0.25) is 0 Å². The molecule has 0 bridgehead atoms. The first kappa shape index (κ1) is 14.9. The molecule has 1 nitrogen and oxygen atoms in total. The third-order valence-electron chi connectivity index (χ3n) is 4.09. The van der Waals surface area contributed by atoms with Gasteiger partial charge in [0, 0.05) is 16.7 Å². The maximum Gasteiger partial charge on any atom is 0.0205 e. The summed E-state index contributed by atoms with van der Waals surface area (Å²) in [4.78, 5) is 1.46. The van der Waals surface area contributed by atoms with Gasteiger partial charge in [0.15, 0.2) is 0 Å². The number of benzene rings is 1. The van der Waals surface area contributed by atoms with Gasteiger partial charge in [-0.15, -0.1) is 11.8 Å². The van der Waals surface area contributed by atoms with Gasteiger partial charge < -0.3 is 5.32 Å². The van der Waals surface area contributed by atoms with Crippen molar-refractivity contribution in [3.8, 4) is 0 Å². The van der Waals surface area contributed by atoms with Crippen LogP contribution in [-0.2, 0) is 6.54 Å². The van der Waals surface area contributed by atoms with E-state index in [2.05, 4.69) is 55.2 Å². The molecule has 2 rings (SSSR count). The summed E-state index contributed by atoms with van der Waals surface area (Å²) in [7, 11) is 0. The summed E-state index contributed by atoms with van der Waals surface area (Å²) in [5, 5.41) is 4.24. The third-order valence-corrected chi connectivity index (χ3v) is 5.38. The predicted molar refractivity (Wildman–Crippen MR) is 85.7 cm³/mol. The van der Waals surface area contributed by atoms with E-state index in [0.29, 0.717) is 0 Å². The summed E-state index contributed by atoms with van der Waals surface area (Å²) in [6.07, 6.45) is 7.05. The first-order valence-electron chi connectivity index (χ1n) is 7.78. The van der Waals surface area contributed by atoms with Crippen molar-refractivity contribution in [2.45, 2.75) is 62.6 Å². The fraction of sp³-hybridized carbons (Fsp3) is 0.647. The molecule has 1 aromatic carbocycles. The van der Waals surface area contributed by atoms with Gasteiger partial charge in [0.05, 0.1) is 0 Å². The molecule has 0 radical (unpaired) electrons. The number of nitrogens with one attached hydrogen (secondary N) is 1. The van der Waals surface area contributed by atoms with Gasteiger partial charge in [0.1, 0.15) is 0 Å². The first-order chi connectivity index (χ1) is 9.31. The van der Waals surface area contributed by atoms with Crippen LogP contribution in [0.4, 0.5) is 0 Å². The lowest BCUT2D eigenvalue weighted by atomic mass is 9.87. The van der Waals surface area contributed by atoms with E-state index in [1.807, 2.05) is 0 Å². The van der Waals surface area contributed by atoms with E-state index in [9.17, 15) is 0 Å². The fourth-order valence-corrected chi connectivity index (χ4v) is 4.32. The molecule has 0 spiro atoms. The Kier molecular flexibility index (Phi) is 6.25. The molecule has 2 heteroatoms. The largest absolute Gasteiger partial charge is 0.313 e. The average molecular weight is 277 g/mol. The summed E-state index contributed by atoms with van der Waals surface area (Å²) >= 11 is 2.10. The quantitative estimate of drug-likeness (QED) is 0.797. The van der Waals surface area contributed by atoms with E-state index < -0.39 is 0 Å². The summed E-state index contributed by atoms with van der Waals surface area (Å²) in [6.45, 7) is 6.53. The van der Waals surface area contributed by atoms with Crippen LogP contribution in [0.3, 0.4) is 0 Å². The molecule has 2 unspecified atom stereocenters. The second kappa shape index (κ2) is 7.96. The standard InChI is InChI=1S/C17H27NS/c1-3-14-7-5-9-16(11-14)19-17-10-6-8-15(12-17)13-18-4-2/h6,8,10,12,14,16,18H,3-5,7,9,11,13H2,1-2H3. The normalized spacial score (nSPS) is 23.5. The van der Waals surface area contributed by atoms with E-state index in [1.54, 1.807) is 0 Å². The zero-order valence-corrected chi connectivity index (χ0v) is 13.1. The van der Waals surface area contributed by atoms with Crippen molar-refractivity contribution in [2.75, 3.05) is 6.54 Å². The van der Waals surface area contributed by atoms with Crippen LogP contribution in [0.1, 0.15) is 51.5 Å². The molecule has 2 atom stereocenters. The topological polar surface area (TPSA) is 12.0 Å². The van der Waals surface area contributed by atoms with Crippen LogP contribution >= 0.6 is 11.8 Å². The maximum absolute atomic E-state index is 3.40. The Morgan fingerprint density at radius 1 is 1.26 bits per heavy atom. The average Bonchev–Trinajstić information content (AvgIpc) is 2.46. The third kappa shape index (κ3) is 4.85. The molecule has 1 saturated carbocycles. The van der Waals surface area contributed by atoms with Crippen molar-refractivity contribution in [1.29, 1.82) is 0 Å². The highest BCUT2D eigenvalue weighted by Gasteiger charge is 2.21. The second-order valence-corrected chi connectivity index (χ2v) is 6.98. The van der Waals surface area contributed by atoms with Crippen molar-refractivity contribution in [3.63, 3.8) is 0 Å². The number of hydrogen-bond donors (Lipinski definition) is 1. The van der Waals surface area contributed by atoms with Crippen molar-refractivity contribution < 1.29 is 0 Å². The van der Waals surface area contributed by atoms with Crippen LogP contribution in [0, 0.1) is 5.92 Å². The molecule has 1 aliphatic rings. The van der Waals surface area contributed by atoms with Gasteiger partial charge in [-0.05, 0) is 43.0 Å². The summed E-state index contributed by atoms with van der Waals surface area (Å²) in [6, 6.07) is 9.07. The minimum Gasteiger partial charge on any atom is -0.313 e. The molecular weight excluding hydrogens is 250 g/mol. The van der Waals surface area contributed by atoms with Crippen molar-refractivity contribution >= 4 is 11.8 Å². The Bertz CT molecular complexity index is 377. The second-order valence-electron chi connectivity index (χ2n) is 5.61. The predicted octanol–water partition coefficient (Wildman–Crippen LogP) is 4.86. The molecule has 1 N–H and O–H groups in total. The molecule has 19 heavy (non-hydrogen) atoms. The number of rotatable bonds is 6. The van der Waals surface area contributed by atoms with Crippen molar-refractivity contribution in [3.05, 3.63) is 29.8 Å². The molecule has 0 aliphatic heterocycles. The highest BCUT2D eigenvalue weighted by Crippen LogP contribution is 2.37. The lowest BCUT2D eigenvalue weighted by molar-refractivity contribution is 0.357. The molecule has 1 fully saturated rings. The molecular formula is C17H27NS.